The Bertz CT molecular complexity index is 1120. The molecule has 1 aromatic carbocycles. The second-order valence-corrected chi connectivity index (χ2v) is 7.19. The van der Waals surface area contributed by atoms with Gasteiger partial charge in [-0.3, -0.25) is 0 Å². The molecular formula is C19H12ClN5OS. The van der Waals surface area contributed by atoms with E-state index in [0.717, 1.165) is 20.9 Å². The van der Waals surface area contributed by atoms with Crippen LogP contribution in [0.15, 0.2) is 55.0 Å². The number of benzene rings is 1. The van der Waals surface area contributed by atoms with Gasteiger partial charge < -0.3 is 14.9 Å². The quantitative estimate of drug-likeness (QED) is 0.484. The van der Waals surface area contributed by atoms with Gasteiger partial charge in [-0.05, 0) is 41.5 Å². The van der Waals surface area contributed by atoms with Crippen molar-refractivity contribution in [3.8, 4) is 21.1 Å². The zero-order valence-corrected chi connectivity index (χ0v) is 15.4. The number of nitrogens with one attached hydrogen (secondary N) is 1. The minimum absolute atomic E-state index is 0.321. The predicted octanol–water partition coefficient (Wildman–Crippen LogP) is 4.88. The first kappa shape index (κ1) is 17.4. The van der Waals surface area contributed by atoms with E-state index >= 15 is 0 Å². The van der Waals surface area contributed by atoms with Gasteiger partial charge >= 0.3 is 0 Å². The summed E-state index contributed by atoms with van der Waals surface area (Å²) < 4.78 is 0. The maximum absolute atomic E-state index is 11.0. The molecule has 0 fully saturated rings. The summed E-state index contributed by atoms with van der Waals surface area (Å²) in [6, 6.07) is 12.5. The highest BCUT2D eigenvalue weighted by Gasteiger charge is 2.22. The summed E-state index contributed by atoms with van der Waals surface area (Å²) in [5, 5.41) is 19.5. The first-order chi connectivity index (χ1) is 13.2. The van der Waals surface area contributed by atoms with Crippen LogP contribution in [0.1, 0.15) is 17.2 Å². The molecule has 0 aliphatic rings. The Balaban J connectivity index is 1.83. The smallest absolute Gasteiger partial charge is 0.270 e. The minimum atomic E-state index is -0.852. The highest BCUT2D eigenvalue weighted by molar-refractivity contribution is 7.19. The van der Waals surface area contributed by atoms with Gasteiger partial charge in [0.15, 0.2) is 5.82 Å². The highest BCUT2D eigenvalue weighted by atomic mass is 35.5. The maximum atomic E-state index is 11.0. The van der Waals surface area contributed by atoms with Crippen LogP contribution >= 0.6 is 22.9 Å². The predicted molar refractivity (Wildman–Crippen MR) is 105 cm³/mol. The van der Waals surface area contributed by atoms with E-state index in [-0.39, 0.29) is 0 Å². The number of hydrogen-bond acceptors (Lipinski definition) is 5. The molecule has 132 valence electrons. The van der Waals surface area contributed by atoms with Gasteiger partial charge in [-0.2, -0.15) is 0 Å². The fourth-order valence-electron chi connectivity index (χ4n) is 2.71. The number of hydrogen-bond donors (Lipinski definition) is 2. The van der Waals surface area contributed by atoms with Crippen LogP contribution in [-0.4, -0.2) is 25.3 Å². The fraction of sp³-hybridized carbons (Fsp3) is 0.0526. The minimum Gasteiger partial charge on any atom is -0.384 e. The molecule has 0 bridgehead atoms. The molecule has 2 N–H and O–H groups in total. The third-order valence-electron chi connectivity index (χ3n) is 4.02. The third kappa shape index (κ3) is 3.46. The first-order valence-electron chi connectivity index (χ1n) is 7.93. The number of aromatic nitrogens is 4. The Morgan fingerprint density at radius 3 is 2.70 bits per heavy atom. The number of thiophene rings is 1. The van der Waals surface area contributed by atoms with Crippen molar-refractivity contribution < 1.29 is 5.11 Å². The monoisotopic (exact) mass is 393 g/mol. The van der Waals surface area contributed by atoms with Crippen molar-refractivity contribution in [3.05, 3.63) is 82.6 Å². The molecule has 3 heterocycles. The molecule has 4 aromatic rings. The van der Waals surface area contributed by atoms with Crippen molar-refractivity contribution >= 4 is 28.8 Å². The van der Waals surface area contributed by atoms with Gasteiger partial charge in [0.25, 0.3) is 5.82 Å². The molecule has 4 rings (SSSR count). The third-order valence-corrected chi connectivity index (χ3v) is 5.48. The summed E-state index contributed by atoms with van der Waals surface area (Å²) in [4.78, 5) is 12.1. The molecule has 0 unspecified atom stereocenters. The van der Waals surface area contributed by atoms with Crippen LogP contribution in [0, 0.1) is 6.57 Å². The maximum Gasteiger partial charge on any atom is 0.270 e. The van der Waals surface area contributed by atoms with E-state index in [2.05, 4.69) is 25.0 Å². The normalized spacial score (nSPS) is 11.9. The number of pyridine rings is 1. The van der Waals surface area contributed by atoms with Gasteiger partial charge in [-0.15, -0.1) is 26.5 Å². The van der Waals surface area contributed by atoms with Gasteiger partial charge in [0.2, 0.25) is 0 Å². The molecule has 6 nitrogen and oxygen atoms in total. The lowest BCUT2D eigenvalue weighted by molar-refractivity contribution is 0.221. The molecule has 0 saturated carbocycles. The number of aliphatic hydroxyl groups is 1. The summed E-state index contributed by atoms with van der Waals surface area (Å²) in [5.41, 5.74) is 2.28. The van der Waals surface area contributed by atoms with Gasteiger partial charge in [0.1, 0.15) is 18.6 Å². The van der Waals surface area contributed by atoms with Crippen molar-refractivity contribution in [2.75, 3.05) is 0 Å². The molecule has 1 atom stereocenters. The molecule has 0 saturated heterocycles. The second kappa shape index (κ2) is 7.29. The number of rotatable bonds is 4. The van der Waals surface area contributed by atoms with Crippen LogP contribution in [0.4, 0.5) is 5.82 Å². The molecule has 0 radical (unpaired) electrons. The van der Waals surface area contributed by atoms with Crippen LogP contribution in [0.2, 0.25) is 5.02 Å². The SMILES string of the molecule is [C-]#[N+]c1cc(-c2cc([C@H](O)c3ccc(Cl)cc3)c(-c3nnc[nH]3)s2)ccn1. The fourth-order valence-corrected chi connectivity index (χ4v) is 3.97. The molecule has 0 spiro atoms. The van der Waals surface area contributed by atoms with E-state index in [1.54, 1.807) is 36.5 Å². The van der Waals surface area contributed by atoms with Crippen LogP contribution < -0.4 is 0 Å². The van der Waals surface area contributed by atoms with Crippen molar-refractivity contribution in [2.45, 2.75) is 6.10 Å². The van der Waals surface area contributed by atoms with E-state index < -0.39 is 6.10 Å². The molecule has 0 aliphatic heterocycles. The van der Waals surface area contributed by atoms with Crippen molar-refractivity contribution in [2.24, 2.45) is 0 Å². The van der Waals surface area contributed by atoms with Gasteiger partial charge in [-0.25, -0.2) is 0 Å². The Labute approximate surface area is 164 Å². The van der Waals surface area contributed by atoms with Gasteiger partial charge in [-0.1, -0.05) is 30.3 Å². The second-order valence-electron chi connectivity index (χ2n) is 5.70. The van der Waals surface area contributed by atoms with Gasteiger partial charge in [0.05, 0.1) is 4.88 Å². The summed E-state index contributed by atoms with van der Waals surface area (Å²) in [6.07, 6.45) is 2.25. The average Bonchev–Trinajstić information content (AvgIpc) is 3.38. The average molecular weight is 394 g/mol. The zero-order chi connectivity index (χ0) is 18.8. The lowest BCUT2D eigenvalue weighted by atomic mass is 10.0. The number of halogens is 1. The van der Waals surface area contributed by atoms with E-state index in [4.69, 9.17) is 18.2 Å². The standard InChI is InChI=1S/C19H12ClN5OS/c1-21-16-8-12(6-7-22-16)15-9-14(18(27-15)19-23-10-24-25-19)17(26)11-2-4-13(20)5-3-11/h2-10,17,26H,(H,23,24,25)/t17-/m1/s1. The van der Waals surface area contributed by atoms with E-state index in [9.17, 15) is 5.11 Å². The van der Waals surface area contributed by atoms with Crippen LogP contribution in [-0.2, 0) is 0 Å². The molecule has 8 heteroatoms. The number of aliphatic hydroxyl groups excluding tert-OH is 1. The van der Waals surface area contributed by atoms with Crippen LogP contribution in [0.5, 0.6) is 0 Å². The summed E-state index contributed by atoms with van der Waals surface area (Å²) >= 11 is 7.42. The Morgan fingerprint density at radius 1 is 1.19 bits per heavy atom. The lowest BCUT2D eigenvalue weighted by Crippen LogP contribution is -2.00. The van der Waals surface area contributed by atoms with Crippen molar-refractivity contribution in [1.29, 1.82) is 0 Å². The van der Waals surface area contributed by atoms with E-state index in [0.29, 0.717) is 22.2 Å². The van der Waals surface area contributed by atoms with E-state index in [1.807, 2.05) is 12.1 Å². The molecular weight excluding hydrogens is 382 g/mol. The summed E-state index contributed by atoms with van der Waals surface area (Å²) in [6.45, 7) is 7.15. The zero-order valence-electron chi connectivity index (χ0n) is 13.8. The topological polar surface area (TPSA) is 79.0 Å². The van der Waals surface area contributed by atoms with Gasteiger partial charge in [0, 0.05) is 15.5 Å². The lowest BCUT2D eigenvalue weighted by Gasteiger charge is -2.11. The molecule has 3 aromatic heterocycles. The Hall–Kier alpha value is -3.05. The van der Waals surface area contributed by atoms with Crippen LogP contribution in [0.3, 0.4) is 0 Å². The number of H-pyrrole nitrogens is 1. The largest absolute Gasteiger partial charge is 0.384 e. The molecule has 0 amide bonds. The first-order valence-corrected chi connectivity index (χ1v) is 9.12. The summed E-state index contributed by atoms with van der Waals surface area (Å²) in [5.74, 6) is 0.899. The van der Waals surface area contributed by atoms with E-state index in [1.165, 1.54) is 17.7 Å². The number of nitrogens with zero attached hydrogens (tertiary/aromatic N) is 4. The molecule has 27 heavy (non-hydrogen) atoms. The highest BCUT2D eigenvalue weighted by Crippen LogP contribution is 2.41. The van der Waals surface area contributed by atoms with Crippen molar-refractivity contribution in [3.63, 3.8) is 0 Å². The van der Waals surface area contributed by atoms with Crippen molar-refractivity contribution in [1.82, 2.24) is 20.2 Å². The summed E-state index contributed by atoms with van der Waals surface area (Å²) in [7, 11) is 0. The number of aromatic amines is 1. The van der Waals surface area contributed by atoms with Crippen LogP contribution in [0.25, 0.3) is 26.0 Å². The Kier molecular flexibility index (Phi) is 4.69. The molecule has 0 aliphatic carbocycles. The Morgan fingerprint density at radius 2 is 2.00 bits per heavy atom.